The van der Waals surface area contributed by atoms with Crippen molar-refractivity contribution in [1.82, 2.24) is 4.90 Å². The van der Waals surface area contributed by atoms with Crippen molar-refractivity contribution in [2.24, 2.45) is 0 Å². The minimum atomic E-state index is 0.528. The average molecular weight is 280 g/mol. The van der Waals surface area contributed by atoms with E-state index in [0.29, 0.717) is 13.2 Å². The summed E-state index contributed by atoms with van der Waals surface area (Å²) in [5, 5.41) is 0. The van der Waals surface area contributed by atoms with Crippen molar-refractivity contribution >= 4 is 5.69 Å². The summed E-state index contributed by atoms with van der Waals surface area (Å²) < 4.78 is 16.1. The van der Waals surface area contributed by atoms with Gasteiger partial charge in [0.1, 0.15) is 6.61 Å². The molecule has 5 nitrogen and oxygen atoms in total. The van der Waals surface area contributed by atoms with Gasteiger partial charge in [-0.2, -0.15) is 0 Å². The van der Waals surface area contributed by atoms with Gasteiger partial charge in [0.25, 0.3) is 0 Å². The molecule has 0 amide bonds. The third-order valence-corrected chi connectivity index (χ3v) is 3.56. The molecule has 20 heavy (non-hydrogen) atoms. The number of nitrogens with zero attached hydrogens (tertiary/aromatic N) is 2. The molecule has 0 N–H and O–H groups in total. The molecule has 0 unspecified atom stereocenters. The van der Waals surface area contributed by atoms with Crippen LogP contribution in [-0.4, -0.2) is 65.6 Å². The molecule has 0 bridgehead atoms. The lowest BCUT2D eigenvalue weighted by Crippen LogP contribution is -2.44. The molecule has 2 rings (SSSR count). The van der Waals surface area contributed by atoms with Gasteiger partial charge in [-0.25, -0.2) is 0 Å². The van der Waals surface area contributed by atoms with Crippen LogP contribution >= 0.6 is 0 Å². The molecule has 1 aliphatic rings. The van der Waals surface area contributed by atoms with Gasteiger partial charge in [-0.1, -0.05) is 0 Å². The van der Waals surface area contributed by atoms with E-state index in [1.807, 2.05) is 12.1 Å². The highest BCUT2D eigenvalue weighted by Crippen LogP contribution is 2.32. The van der Waals surface area contributed by atoms with Gasteiger partial charge in [-0.3, -0.25) is 0 Å². The van der Waals surface area contributed by atoms with Gasteiger partial charge in [0.15, 0.2) is 11.5 Å². The zero-order valence-corrected chi connectivity index (χ0v) is 12.6. The van der Waals surface area contributed by atoms with Crippen molar-refractivity contribution in [3.05, 3.63) is 18.2 Å². The third kappa shape index (κ3) is 3.77. The number of likely N-dealkylation sites (N-methyl/N-ethyl adjacent to an activating group) is 1. The van der Waals surface area contributed by atoms with E-state index >= 15 is 0 Å². The molecule has 0 radical (unpaired) electrons. The minimum absolute atomic E-state index is 0.528. The van der Waals surface area contributed by atoms with Gasteiger partial charge in [-0.05, 0) is 19.2 Å². The Morgan fingerprint density at radius 3 is 2.40 bits per heavy atom. The fourth-order valence-corrected chi connectivity index (χ4v) is 2.27. The van der Waals surface area contributed by atoms with Crippen molar-refractivity contribution in [2.75, 3.05) is 65.6 Å². The van der Waals surface area contributed by atoms with Crippen molar-refractivity contribution in [3.63, 3.8) is 0 Å². The normalized spacial score (nSPS) is 16.2. The maximum Gasteiger partial charge on any atom is 0.162 e. The molecular weight excluding hydrogens is 256 g/mol. The fourth-order valence-electron chi connectivity index (χ4n) is 2.27. The summed E-state index contributed by atoms with van der Waals surface area (Å²) in [6, 6.07) is 6.12. The van der Waals surface area contributed by atoms with E-state index in [1.165, 1.54) is 5.69 Å². The highest BCUT2D eigenvalue weighted by atomic mass is 16.5. The fraction of sp³-hybridized carbons (Fsp3) is 0.600. The van der Waals surface area contributed by atoms with Crippen LogP contribution in [-0.2, 0) is 4.74 Å². The molecule has 1 aliphatic heterocycles. The molecule has 112 valence electrons. The molecule has 1 saturated heterocycles. The third-order valence-electron chi connectivity index (χ3n) is 3.56. The zero-order chi connectivity index (χ0) is 14.4. The number of hydrogen-bond acceptors (Lipinski definition) is 5. The first-order valence-corrected chi connectivity index (χ1v) is 6.98. The second-order valence-electron chi connectivity index (χ2n) is 4.97. The number of hydrogen-bond donors (Lipinski definition) is 0. The van der Waals surface area contributed by atoms with Crippen LogP contribution in [0.2, 0.25) is 0 Å². The summed E-state index contributed by atoms with van der Waals surface area (Å²) in [5.74, 6) is 1.54. The maximum atomic E-state index is 5.65. The van der Waals surface area contributed by atoms with Crippen molar-refractivity contribution in [3.8, 4) is 11.5 Å². The van der Waals surface area contributed by atoms with E-state index in [2.05, 4.69) is 22.9 Å². The number of anilines is 1. The van der Waals surface area contributed by atoms with E-state index in [1.54, 1.807) is 14.2 Å². The molecule has 1 aromatic carbocycles. The maximum absolute atomic E-state index is 5.65. The second kappa shape index (κ2) is 7.36. The van der Waals surface area contributed by atoms with Gasteiger partial charge in [0, 0.05) is 45.0 Å². The molecule has 0 spiro atoms. The van der Waals surface area contributed by atoms with Crippen LogP contribution in [0.5, 0.6) is 11.5 Å². The SMILES string of the molecule is COCCOc1ccc(N2CCN(C)CC2)cc1OC. The minimum Gasteiger partial charge on any atom is -0.493 e. The first-order chi connectivity index (χ1) is 9.74. The highest BCUT2D eigenvalue weighted by Gasteiger charge is 2.16. The average Bonchev–Trinajstić information content (AvgIpc) is 2.48. The number of ether oxygens (including phenoxy) is 3. The smallest absolute Gasteiger partial charge is 0.162 e. The van der Waals surface area contributed by atoms with Gasteiger partial charge in [-0.15, -0.1) is 0 Å². The molecule has 5 heteroatoms. The Labute approximate surface area is 121 Å². The predicted molar refractivity (Wildman–Crippen MR) is 80.1 cm³/mol. The van der Waals surface area contributed by atoms with E-state index in [0.717, 1.165) is 37.7 Å². The van der Waals surface area contributed by atoms with Crippen LogP contribution in [0.15, 0.2) is 18.2 Å². The molecule has 1 heterocycles. The molecule has 0 saturated carbocycles. The number of benzene rings is 1. The second-order valence-corrected chi connectivity index (χ2v) is 4.97. The standard InChI is InChI=1S/C15H24N2O3/c1-16-6-8-17(9-7-16)13-4-5-14(15(12-13)19-3)20-11-10-18-2/h4-5,12H,6-11H2,1-3H3. The first kappa shape index (κ1) is 14.9. The number of piperazine rings is 1. The summed E-state index contributed by atoms with van der Waals surface area (Å²) in [4.78, 5) is 4.72. The van der Waals surface area contributed by atoms with Gasteiger partial charge in [0.2, 0.25) is 0 Å². The van der Waals surface area contributed by atoms with Crippen LogP contribution in [0.4, 0.5) is 5.69 Å². The zero-order valence-electron chi connectivity index (χ0n) is 12.6. The lowest BCUT2D eigenvalue weighted by atomic mass is 10.2. The van der Waals surface area contributed by atoms with Crippen molar-refractivity contribution in [2.45, 2.75) is 0 Å². The summed E-state index contributed by atoms with van der Waals surface area (Å²) in [7, 11) is 5.49. The predicted octanol–water partition coefficient (Wildman–Crippen LogP) is 1.47. The van der Waals surface area contributed by atoms with Gasteiger partial charge in [0.05, 0.1) is 13.7 Å². The molecule has 1 aromatic rings. The van der Waals surface area contributed by atoms with Crippen LogP contribution < -0.4 is 14.4 Å². The number of rotatable bonds is 6. The first-order valence-electron chi connectivity index (χ1n) is 6.98. The van der Waals surface area contributed by atoms with E-state index < -0.39 is 0 Å². The molecule has 0 aliphatic carbocycles. The Balaban J connectivity index is 2.04. The Bertz CT molecular complexity index is 418. The monoisotopic (exact) mass is 280 g/mol. The van der Waals surface area contributed by atoms with Gasteiger partial charge < -0.3 is 24.0 Å². The van der Waals surface area contributed by atoms with Crippen LogP contribution in [0.3, 0.4) is 0 Å². The molecule has 0 aromatic heterocycles. The molecule has 0 atom stereocenters. The lowest BCUT2D eigenvalue weighted by molar-refractivity contribution is 0.144. The quantitative estimate of drug-likeness (QED) is 0.737. The Morgan fingerprint density at radius 1 is 1.00 bits per heavy atom. The molecule has 1 fully saturated rings. The highest BCUT2D eigenvalue weighted by molar-refractivity contribution is 5.56. The van der Waals surface area contributed by atoms with Crippen LogP contribution in [0.25, 0.3) is 0 Å². The summed E-state index contributed by atoms with van der Waals surface area (Å²) in [6.07, 6.45) is 0. The van der Waals surface area contributed by atoms with E-state index in [-0.39, 0.29) is 0 Å². The van der Waals surface area contributed by atoms with Crippen molar-refractivity contribution in [1.29, 1.82) is 0 Å². The summed E-state index contributed by atoms with van der Waals surface area (Å²) >= 11 is 0. The van der Waals surface area contributed by atoms with Crippen LogP contribution in [0.1, 0.15) is 0 Å². The van der Waals surface area contributed by atoms with Crippen molar-refractivity contribution < 1.29 is 14.2 Å². The van der Waals surface area contributed by atoms with Crippen LogP contribution in [0, 0.1) is 0 Å². The van der Waals surface area contributed by atoms with Gasteiger partial charge >= 0.3 is 0 Å². The summed E-state index contributed by atoms with van der Waals surface area (Å²) in [6.45, 7) is 5.37. The Morgan fingerprint density at radius 2 is 1.75 bits per heavy atom. The Hall–Kier alpha value is -1.46. The molecular formula is C15H24N2O3. The largest absolute Gasteiger partial charge is 0.493 e. The lowest BCUT2D eigenvalue weighted by Gasteiger charge is -2.34. The summed E-state index contributed by atoms with van der Waals surface area (Å²) in [5.41, 5.74) is 1.19. The van der Waals surface area contributed by atoms with E-state index in [4.69, 9.17) is 14.2 Å². The van der Waals surface area contributed by atoms with E-state index in [9.17, 15) is 0 Å². The number of methoxy groups -OCH3 is 2. The topological polar surface area (TPSA) is 34.2 Å². The Kier molecular flexibility index (Phi) is 5.49.